The number of amides is 1. The number of nitrogens with one attached hydrogen (secondary N) is 1. The highest BCUT2D eigenvalue weighted by Crippen LogP contribution is 2.16. The Hall–Kier alpha value is -0.610. The lowest BCUT2D eigenvalue weighted by atomic mass is 10.0. The molecule has 1 atom stereocenters. The maximum atomic E-state index is 13.2. The van der Waals surface area contributed by atoms with Gasteiger partial charge in [0.25, 0.3) is 5.91 Å². The fourth-order valence-corrected chi connectivity index (χ4v) is 2.33. The number of rotatable bonds is 5. The minimum absolute atomic E-state index is 0.00274. The van der Waals surface area contributed by atoms with Crippen LogP contribution in [0.5, 0.6) is 0 Å². The topological polar surface area (TPSA) is 29.1 Å². The largest absolute Gasteiger partial charge is 0.349 e. The van der Waals surface area contributed by atoms with Gasteiger partial charge in [-0.15, -0.1) is 11.6 Å². The molecule has 18 heavy (non-hydrogen) atoms. The molecule has 0 aromatic heterocycles. The molecule has 1 unspecified atom stereocenters. The second-order valence-corrected chi connectivity index (χ2v) is 5.75. The van der Waals surface area contributed by atoms with E-state index in [1.54, 1.807) is 6.07 Å². The van der Waals surface area contributed by atoms with Gasteiger partial charge in [-0.25, -0.2) is 4.39 Å². The predicted molar refractivity (Wildman–Crippen MR) is 75.5 cm³/mol. The van der Waals surface area contributed by atoms with E-state index in [2.05, 4.69) is 21.2 Å². The van der Waals surface area contributed by atoms with E-state index in [9.17, 15) is 9.18 Å². The van der Waals surface area contributed by atoms with Crippen molar-refractivity contribution in [3.05, 3.63) is 34.1 Å². The summed E-state index contributed by atoms with van der Waals surface area (Å²) in [6, 6.07) is 4.13. The van der Waals surface area contributed by atoms with Crippen molar-refractivity contribution in [2.75, 3.05) is 5.88 Å². The Morgan fingerprint density at radius 3 is 2.61 bits per heavy atom. The van der Waals surface area contributed by atoms with Gasteiger partial charge in [-0.3, -0.25) is 4.79 Å². The van der Waals surface area contributed by atoms with Crippen molar-refractivity contribution in [3.8, 4) is 0 Å². The van der Waals surface area contributed by atoms with Gasteiger partial charge in [0, 0.05) is 22.0 Å². The van der Waals surface area contributed by atoms with E-state index >= 15 is 0 Å². The summed E-state index contributed by atoms with van der Waals surface area (Å²) in [6.07, 6.45) is 0.696. The Morgan fingerprint density at radius 1 is 1.44 bits per heavy atom. The Morgan fingerprint density at radius 2 is 2.11 bits per heavy atom. The summed E-state index contributed by atoms with van der Waals surface area (Å²) in [6.45, 7) is 4.03. The van der Waals surface area contributed by atoms with Gasteiger partial charge in [0.05, 0.1) is 0 Å². The van der Waals surface area contributed by atoms with Crippen LogP contribution in [0.15, 0.2) is 22.7 Å². The summed E-state index contributed by atoms with van der Waals surface area (Å²) in [7, 11) is 0. The van der Waals surface area contributed by atoms with Gasteiger partial charge in [0.2, 0.25) is 0 Å². The standard InChI is InChI=1S/C13H16BrClFNO/c1-8(2)12(3-4-15)17-13(18)9-5-10(14)7-11(16)6-9/h5-8,12H,3-4H2,1-2H3,(H,17,18). The molecule has 1 aromatic rings. The first kappa shape index (κ1) is 15.4. The van der Waals surface area contributed by atoms with E-state index < -0.39 is 5.82 Å². The van der Waals surface area contributed by atoms with Gasteiger partial charge >= 0.3 is 0 Å². The molecule has 1 N–H and O–H groups in total. The maximum absolute atomic E-state index is 13.2. The molecular formula is C13H16BrClFNO. The van der Waals surface area contributed by atoms with Crippen LogP contribution in [-0.4, -0.2) is 17.8 Å². The van der Waals surface area contributed by atoms with Gasteiger partial charge < -0.3 is 5.32 Å². The van der Waals surface area contributed by atoms with Crippen LogP contribution < -0.4 is 5.32 Å². The van der Waals surface area contributed by atoms with E-state index in [1.807, 2.05) is 13.8 Å². The molecule has 0 radical (unpaired) electrons. The predicted octanol–water partition coefficient (Wildman–Crippen LogP) is 3.97. The van der Waals surface area contributed by atoms with Crippen molar-refractivity contribution in [2.24, 2.45) is 5.92 Å². The van der Waals surface area contributed by atoms with Crippen LogP contribution in [-0.2, 0) is 0 Å². The van der Waals surface area contributed by atoms with Crippen molar-refractivity contribution in [2.45, 2.75) is 26.3 Å². The highest BCUT2D eigenvalue weighted by atomic mass is 79.9. The monoisotopic (exact) mass is 335 g/mol. The number of halogens is 3. The zero-order chi connectivity index (χ0) is 13.7. The molecule has 0 aliphatic carbocycles. The second-order valence-electron chi connectivity index (χ2n) is 4.46. The Labute approximate surface area is 120 Å². The molecule has 0 aliphatic heterocycles. The first-order chi connectivity index (χ1) is 8.43. The molecule has 0 saturated heterocycles. The fourth-order valence-electron chi connectivity index (χ4n) is 1.63. The van der Waals surface area contributed by atoms with Crippen molar-refractivity contribution >= 4 is 33.4 Å². The molecule has 0 saturated carbocycles. The zero-order valence-corrected chi connectivity index (χ0v) is 12.7. The molecule has 0 aliphatic rings. The van der Waals surface area contributed by atoms with E-state index in [-0.39, 0.29) is 17.9 Å². The third kappa shape index (κ3) is 4.58. The van der Waals surface area contributed by atoms with Gasteiger partial charge in [-0.05, 0) is 30.5 Å². The summed E-state index contributed by atoms with van der Waals surface area (Å²) >= 11 is 8.87. The lowest BCUT2D eigenvalue weighted by Crippen LogP contribution is -2.38. The first-order valence-electron chi connectivity index (χ1n) is 5.77. The lowest BCUT2D eigenvalue weighted by Gasteiger charge is -2.21. The third-order valence-corrected chi connectivity index (χ3v) is 3.34. The van der Waals surface area contributed by atoms with Crippen LogP contribution in [0.25, 0.3) is 0 Å². The van der Waals surface area contributed by atoms with E-state index in [1.165, 1.54) is 12.1 Å². The van der Waals surface area contributed by atoms with Crippen LogP contribution in [0.4, 0.5) is 4.39 Å². The van der Waals surface area contributed by atoms with E-state index in [4.69, 9.17) is 11.6 Å². The Kier molecular flexibility index (Phi) is 6.09. The van der Waals surface area contributed by atoms with Crippen LogP contribution in [0.1, 0.15) is 30.6 Å². The van der Waals surface area contributed by atoms with Crippen LogP contribution in [0, 0.1) is 11.7 Å². The number of hydrogen-bond acceptors (Lipinski definition) is 1. The van der Waals surface area contributed by atoms with Crippen LogP contribution in [0.3, 0.4) is 0 Å². The molecule has 0 heterocycles. The molecular weight excluding hydrogens is 321 g/mol. The number of carbonyl (C=O) groups excluding carboxylic acids is 1. The van der Waals surface area contributed by atoms with Crippen molar-refractivity contribution < 1.29 is 9.18 Å². The van der Waals surface area contributed by atoms with Crippen molar-refractivity contribution in [1.29, 1.82) is 0 Å². The summed E-state index contributed by atoms with van der Waals surface area (Å²) < 4.78 is 13.7. The quantitative estimate of drug-likeness (QED) is 0.810. The lowest BCUT2D eigenvalue weighted by molar-refractivity contribution is 0.0924. The Bertz CT molecular complexity index is 405. The van der Waals surface area contributed by atoms with Gasteiger partial charge in [-0.1, -0.05) is 29.8 Å². The second kappa shape index (κ2) is 7.10. The highest BCUT2D eigenvalue weighted by Gasteiger charge is 2.17. The number of benzene rings is 1. The van der Waals surface area contributed by atoms with Gasteiger partial charge in [0.15, 0.2) is 0 Å². The normalized spacial score (nSPS) is 12.6. The minimum atomic E-state index is -0.437. The molecule has 0 fully saturated rings. The SMILES string of the molecule is CC(C)C(CCCl)NC(=O)c1cc(F)cc(Br)c1. The fraction of sp³-hybridized carbons (Fsp3) is 0.462. The molecule has 1 aromatic carbocycles. The summed E-state index contributed by atoms with van der Waals surface area (Å²) in [5.41, 5.74) is 0.307. The molecule has 1 amide bonds. The Balaban J connectivity index is 2.80. The van der Waals surface area contributed by atoms with E-state index in [0.717, 1.165) is 0 Å². The maximum Gasteiger partial charge on any atom is 0.251 e. The zero-order valence-electron chi connectivity index (χ0n) is 10.3. The van der Waals surface area contributed by atoms with Crippen molar-refractivity contribution in [1.82, 2.24) is 5.32 Å². The number of carbonyl (C=O) groups is 1. The van der Waals surface area contributed by atoms with E-state index in [0.29, 0.717) is 22.3 Å². The summed E-state index contributed by atoms with van der Waals surface area (Å²) in [5.74, 6) is 0.0485. The van der Waals surface area contributed by atoms with Gasteiger partial charge in [0.1, 0.15) is 5.82 Å². The molecule has 0 bridgehead atoms. The third-order valence-electron chi connectivity index (χ3n) is 2.67. The average Bonchev–Trinajstić information content (AvgIpc) is 2.26. The molecule has 100 valence electrons. The van der Waals surface area contributed by atoms with Crippen LogP contribution in [0.2, 0.25) is 0 Å². The highest BCUT2D eigenvalue weighted by molar-refractivity contribution is 9.10. The van der Waals surface area contributed by atoms with Crippen molar-refractivity contribution in [3.63, 3.8) is 0 Å². The van der Waals surface area contributed by atoms with Crippen LogP contribution >= 0.6 is 27.5 Å². The summed E-state index contributed by atoms with van der Waals surface area (Å²) in [4.78, 5) is 12.0. The molecule has 1 rings (SSSR count). The number of alkyl halides is 1. The average molecular weight is 337 g/mol. The molecule has 0 spiro atoms. The summed E-state index contributed by atoms with van der Waals surface area (Å²) in [5, 5.41) is 2.88. The first-order valence-corrected chi connectivity index (χ1v) is 7.09. The smallest absolute Gasteiger partial charge is 0.251 e. The van der Waals surface area contributed by atoms with Gasteiger partial charge in [-0.2, -0.15) is 0 Å². The minimum Gasteiger partial charge on any atom is -0.349 e. The number of hydrogen-bond donors (Lipinski definition) is 1. The molecule has 2 nitrogen and oxygen atoms in total. The molecule has 5 heteroatoms.